The van der Waals surface area contributed by atoms with Crippen LogP contribution in [0.3, 0.4) is 0 Å². The van der Waals surface area contributed by atoms with Crippen molar-refractivity contribution < 1.29 is 5.11 Å². The number of nitrogens with zero attached hydrogens (tertiary/aromatic N) is 5. The number of aliphatic hydroxyl groups excluding tert-OH is 1. The van der Waals surface area contributed by atoms with E-state index < -0.39 is 0 Å². The summed E-state index contributed by atoms with van der Waals surface area (Å²) in [5, 5.41) is 28.4. The highest BCUT2D eigenvalue weighted by Gasteiger charge is 2.02. The van der Waals surface area contributed by atoms with Crippen LogP contribution in [0.1, 0.15) is 11.4 Å². The van der Waals surface area contributed by atoms with E-state index in [2.05, 4.69) is 15.4 Å². The fourth-order valence-corrected chi connectivity index (χ4v) is 1.10. The van der Waals surface area contributed by atoms with E-state index in [0.29, 0.717) is 5.69 Å². The number of hydrogen-bond acceptors (Lipinski definition) is 5. The minimum atomic E-state index is -0.00545. The fraction of sp³-hybridized carbons (Fsp3) is 0.111. The Kier molecular flexibility index (Phi) is 2.39. The van der Waals surface area contributed by atoms with Gasteiger partial charge in [0.25, 0.3) is 5.82 Å². The molecule has 1 aromatic heterocycles. The van der Waals surface area contributed by atoms with Crippen LogP contribution >= 0.6 is 0 Å². The van der Waals surface area contributed by atoms with Gasteiger partial charge in [0.1, 0.15) is 6.07 Å². The number of hydrogen-bond donors (Lipinski definition) is 1. The summed E-state index contributed by atoms with van der Waals surface area (Å²) in [5.41, 5.74) is 1.50. The van der Waals surface area contributed by atoms with Gasteiger partial charge in [-0.25, -0.2) is 0 Å². The molecule has 0 atom stereocenters. The topological polar surface area (TPSA) is 87.6 Å². The molecule has 74 valence electrons. The maximum absolute atomic E-state index is 8.85. The van der Waals surface area contributed by atoms with E-state index in [-0.39, 0.29) is 12.4 Å². The van der Waals surface area contributed by atoms with Crippen LogP contribution in [0.25, 0.3) is 5.69 Å². The molecule has 0 radical (unpaired) electrons. The van der Waals surface area contributed by atoms with Crippen LogP contribution in [0.4, 0.5) is 0 Å². The van der Waals surface area contributed by atoms with Crippen LogP contribution in [0, 0.1) is 11.3 Å². The van der Waals surface area contributed by atoms with E-state index >= 15 is 0 Å². The molecule has 15 heavy (non-hydrogen) atoms. The molecule has 0 aliphatic rings. The summed E-state index contributed by atoms with van der Waals surface area (Å²) < 4.78 is 0. The molecule has 0 saturated heterocycles. The molecule has 2 aromatic rings. The smallest absolute Gasteiger partial charge is 0.274 e. The minimum Gasteiger partial charge on any atom is -0.392 e. The van der Waals surface area contributed by atoms with E-state index in [1.807, 2.05) is 0 Å². The molecule has 0 aliphatic carbocycles. The number of aromatic nitrogens is 4. The molecular weight excluding hydrogens is 194 g/mol. The molecule has 6 heteroatoms. The summed E-state index contributed by atoms with van der Waals surface area (Å²) in [5.74, 6) is 0.0289. The van der Waals surface area contributed by atoms with Crippen LogP contribution < -0.4 is 0 Å². The number of aliphatic hydroxyl groups is 1. The molecular formula is C9H7N5O. The van der Waals surface area contributed by atoms with Gasteiger partial charge in [0.05, 0.1) is 12.3 Å². The van der Waals surface area contributed by atoms with Gasteiger partial charge in [0.2, 0.25) is 0 Å². The highest BCUT2D eigenvalue weighted by atomic mass is 16.3. The first-order chi connectivity index (χ1) is 7.33. The van der Waals surface area contributed by atoms with Gasteiger partial charge in [0.15, 0.2) is 0 Å². The maximum atomic E-state index is 8.85. The monoisotopic (exact) mass is 201 g/mol. The molecule has 6 nitrogen and oxygen atoms in total. The third-order valence-corrected chi connectivity index (χ3v) is 1.86. The van der Waals surface area contributed by atoms with Gasteiger partial charge >= 0.3 is 0 Å². The molecule has 1 heterocycles. The van der Waals surface area contributed by atoms with Crippen molar-refractivity contribution in [3.05, 3.63) is 35.7 Å². The van der Waals surface area contributed by atoms with Crippen molar-refractivity contribution in [3.8, 4) is 11.8 Å². The summed E-state index contributed by atoms with van der Waals surface area (Å²) in [4.78, 5) is 1.26. The molecule has 0 bridgehead atoms. The average molecular weight is 201 g/mol. The Morgan fingerprint density at radius 1 is 1.33 bits per heavy atom. The third kappa shape index (κ3) is 1.82. The van der Waals surface area contributed by atoms with Crippen LogP contribution in [-0.2, 0) is 6.61 Å². The number of benzene rings is 1. The van der Waals surface area contributed by atoms with E-state index in [1.54, 1.807) is 30.3 Å². The normalized spacial score (nSPS) is 9.87. The summed E-state index contributed by atoms with van der Waals surface area (Å²) in [6.45, 7) is -0.00545. The molecule has 0 fully saturated rings. The van der Waals surface area contributed by atoms with Gasteiger partial charge in [-0.1, -0.05) is 17.2 Å². The van der Waals surface area contributed by atoms with E-state index in [4.69, 9.17) is 10.4 Å². The predicted molar refractivity (Wildman–Crippen MR) is 49.8 cm³/mol. The van der Waals surface area contributed by atoms with Crippen molar-refractivity contribution >= 4 is 0 Å². The summed E-state index contributed by atoms with van der Waals surface area (Å²) in [6.07, 6.45) is 0. The van der Waals surface area contributed by atoms with Gasteiger partial charge in [0, 0.05) is 0 Å². The first-order valence-corrected chi connectivity index (χ1v) is 4.24. The van der Waals surface area contributed by atoms with Crippen LogP contribution in [0.15, 0.2) is 24.3 Å². The number of tetrazole rings is 1. The first kappa shape index (κ1) is 9.30. The fourth-order valence-electron chi connectivity index (χ4n) is 1.10. The second-order valence-electron chi connectivity index (χ2n) is 2.84. The molecule has 0 unspecified atom stereocenters. The van der Waals surface area contributed by atoms with Gasteiger partial charge in [-0.15, -0.1) is 9.90 Å². The zero-order chi connectivity index (χ0) is 10.7. The lowest BCUT2D eigenvalue weighted by Crippen LogP contribution is -1.99. The third-order valence-electron chi connectivity index (χ3n) is 1.86. The minimum absolute atomic E-state index is 0.00545. The Bertz CT molecular complexity index is 496. The molecule has 2 rings (SSSR count). The zero-order valence-electron chi connectivity index (χ0n) is 7.70. The molecule has 0 amide bonds. The second-order valence-corrected chi connectivity index (χ2v) is 2.84. The van der Waals surface area contributed by atoms with Crippen molar-refractivity contribution in [2.75, 3.05) is 0 Å². The predicted octanol–water partition coefficient (Wildman–Crippen LogP) is 0.0263. The van der Waals surface area contributed by atoms with Crippen LogP contribution in [0.2, 0.25) is 0 Å². The lowest BCUT2D eigenvalue weighted by atomic mass is 10.2. The molecule has 1 aromatic carbocycles. The van der Waals surface area contributed by atoms with Gasteiger partial charge in [-0.3, -0.25) is 0 Å². The molecule has 1 N–H and O–H groups in total. The Morgan fingerprint density at radius 2 is 2.07 bits per heavy atom. The highest BCUT2D eigenvalue weighted by molar-refractivity contribution is 5.32. The largest absolute Gasteiger partial charge is 0.392 e. The number of rotatable bonds is 2. The Morgan fingerprint density at radius 3 is 2.60 bits per heavy atom. The van der Waals surface area contributed by atoms with Crippen LogP contribution in [0.5, 0.6) is 0 Å². The average Bonchev–Trinajstić information content (AvgIpc) is 2.78. The summed E-state index contributed by atoms with van der Waals surface area (Å²) in [6, 6.07) is 8.79. The standard InChI is InChI=1S/C9H7N5O/c10-5-9-11-13-14(12-9)8-3-1-7(6-15)2-4-8/h1-4,15H,6H2. The lowest BCUT2D eigenvalue weighted by Gasteiger charge is -1.98. The molecule has 0 spiro atoms. The Balaban J connectivity index is 2.33. The Hall–Kier alpha value is -2.26. The quantitative estimate of drug-likeness (QED) is 0.740. The highest BCUT2D eigenvalue weighted by Crippen LogP contribution is 2.06. The van der Waals surface area contributed by atoms with Crippen molar-refractivity contribution in [1.29, 1.82) is 5.26 Å². The lowest BCUT2D eigenvalue weighted by molar-refractivity contribution is 0.282. The van der Waals surface area contributed by atoms with E-state index in [0.717, 1.165) is 5.56 Å². The van der Waals surface area contributed by atoms with E-state index in [1.165, 1.54) is 4.80 Å². The molecule has 0 aliphatic heterocycles. The van der Waals surface area contributed by atoms with Crippen molar-refractivity contribution in [1.82, 2.24) is 20.2 Å². The van der Waals surface area contributed by atoms with E-state index in [9.17, 15) is 0 Å². The zero-order valence-corrected chi connectivity index (χ0v) is 7.70. The summed E-state index contributed by atoms with van der Waals surface area (Å²) >= 11 is 0. The van der Waals surface area contributed by atoms with Crippen molar-refractivity contribution in [2.45, 2.75) is 6.61 Å². The van der Waals surface area contributed by atoms with Gasteiger partial charge < -0.3 is 5.11 Å². The first-order valence-electron chi connectivity index (χ1n) is 4.24. The SMILES string of the molecule is N#Cc1nnn(-c2ccc(CO)cc2)n1. The van der Waals surface area contributed by atoms with Gasteiger partial charge in [-0.05, 0) is 22.9 Å². The summed E-state index contributed by atoms with van der Waals surface area (Å²) in [7, 11) is 0. The Labute approximate surface area is 85.4 Å². The number of nitriles is 1. The molecule has 0 saturated carbocycles. The van der Waals surface area contributed by atoms with Gasteiger partial charge in [-0.2, -0.15) is 5.26 Å². The maximum Gasteiger partial charge on any atom is 0.274 e. The van der Waals surface area contributed by atoms with Crippen molar-refractivity contribution in [3.63, 3.8) is 0 Å². The van der Waals surface area contributed by atoms with Crippen molar-refractivity contribution in [2.24, 2.45) is 0 Å². The second kappa shape index (κ2) is 3.86. The van der Waals surface area contributed by atoms with Crippen LogP contribution in [-0.4, -0.2) is 25.3 Å².